The summed E-state index contributed by atoms with van der Waals surface area (Å²) in [6.07, 6.45) is 24.2. The van der Waals surface area contributed by atoms with Crippen molar-refractivity contribution in [2.75, 3.05) is 0 Å². The zero-order valence-corrected chi connectivity index (χ0v) is 33.2. The Kier molecular flexibility index (Phi) is 8.41. The molecule has 9 fully saturated rings. The second-order valence-corrected chi connectivity index (χ2v) is 21.8. The fourth-order valence-electron chi connectivity index (χ4n) is 13.9. The minimum absolute atomic E-state index is 0.0103. The van der Waals surface area contributed by atoms with Gasteiger partial charge in [-0.05, 0) is 170 Å². The lowest BCUT2D eigenvalue weighted by atomic mass is 9.47. The van der Waals surface area contributed by atoms with Gasteiger partial charge in [-0.2, -0.15) is 0 Å². The Morgan fingerprint density at radius 2 is 0.827 bits per heavy atom. The summed E-state index contributed by atoms with van der Waals surface area (Å²) in [5.74, 6) is 5.93. The van der Waals surface area contributed by atoms with Crippen LogP contribution in [0.4, 0.5) is 0 Å². The maximum atomic E-state index is 12.1. The van der Waals surface area contributed by atoms with Crippen LogP contribution in [0.1, 0.15) is 178 Å². The molecule has 4 nitrogen and oxygen atoms in total. The summed E-state index contributed by atoms with van der Waals surface area (Å²) in [4.78, 5) is 10.6. The average molecular weight is 703 g/mol. The number of aromatic hydroxyl groups is 2. The van der Waals surface area contributed by atoms with E-state index in [9.17, 15) is 10.2 Å². The highest BCUT2D eigenvalue weighted by atomic mass is 16.3. The largest absolute Gasteiger partial charge is 0.507 e. The molecule has 4 heteroatoms. The third kappa shape index (κ3) is 6.18. The van der Waals surface area contributed by atoms with Crippen LogP contribution < -0.4 is 0 Å². The normalized spacial score (nSPS) is 38.3. The predicted octanol–water partition coefficient (Wildman–Crippen LogP) is 11.5. The first-order valence-electron chi connectivity index (χ1n) is 21.5. The molecule has 0 saturated heterocycles. The van der Waals surface area contributed by atoms with Crippen molar-refractivity contribution in [3.05, 3.63) is 57.6 Å². The van der Waals surface area contributed by atoms with E-state index in [-0.39, 0.29) is 33.7 Å². The standard InChI is InChI=1S/C48H66N2O2/c1-45(2,3)37-17-35(43(51)39(19-37)47-21-29-11-30(22-47)13-31(12-29)23-47)27-49-41-9-7-8-10-42(41)50-28-36-18-38(46(4,5)6)20-40(44(36)52)48-24-32-14-33(25-48)16-34(15-32)26-48/h17-20,27-34,41-42,51-52H,7-16,21-26H2,1-6H3/b49-27+,50-28+/t29?,30?,31?,32?,33?,34?,41-,42-,47?,48?/m1/s1. The highest BCUT2D eigenvalue weighted by molar-refractivity contribution is 5.86. The van der Waals surface area contributed by atoms with Gasteiger partial charge in [-0.25, -0.2) is 0 Å². The number of nitrogens with zero attached hydrogens (tertiary/aromatic N) is 2. The molecule has 0 aliphatic heterocycles. The van der Waals surface area contributed by atoms with Crippen LogP contribution in [0.3, 0.4) is 0 Å². The molecule has 0 radical (unpaired) electrons. The maximum absolute atomic E-state index is 12.1. The summed E-state index contributed by atoms with van der Waals surface area (Å²) >= 11 is 0. The maximum Gasteiger partial charge on any atom is 0.128 e. The molecule has 2 atom stereocenters. The smallest absolute Gasteiger partial charge is 0.128 e. The number of phenols is 2. The van der Waals surface area contributed by atoms with Crippen molar-refractivity contribution < 1.29 is 10.2 Å². The topological polar surface area (TPSA) is 65.2 Å². The van der Waals surface area contributed by atoms with E-state index in [2.05, 4.69) is 65.8 Å². The SMILES string of the molecule is CC(C)(C)c1cc(/C=N/[C@@H]2CCCC[C@H]2/N=C/c2cc(C(C)(C)C)cc(C34CC5CC(CC(C5)C3)C4)c2O)c(O)c(C23CC4CC(CC(C4)C2)C3)c1. The summed E-state index contributed by atoms with van der Waals surface area (Å²) in [6.45, 7) is 13.8. The molecule has 0 amide bonds. The van der Waals surface area contributed by atoms with Gasteiger partial charge in [0.05, 0.1) is 12.1 Å². The molecule has 0 unspecified atom stereocenters. The molecule has 0 aromatic heterocycles. The van der Waals surface area contributed by atoms with Crippen molar-refractivity contribution in [2.24, 2.45) is 45.5 Å². The molecule has 52 heavy (non-hydrogen) atoms. The zero-order valence-electron chi connectivity index (χ0n) is 33.2. The average Bonchev–Trinajstić information content (AvgIpc) is 3.05. The van der Waals surface area contributed by atoms with E-state index in [1.54, 1.807) is 0 Å². The van der Waals surface area contributed by atoms with Crippen molar-refractivity contribution in [3.8, 4) is 11.5 Å². The Labute approximate surface area is 314 Å². The van der Waals surface area contributed by atoms with Crippen molar-refractivity contribution in [3.63, 3.8) is 0 Å². The summed E-state index contributed by atoms with van der Waals surface area (Å²) in [6, 6.07) is 9.33. The summed E-state index contributed by atoms with van der Waals surface area (Å²) in [5, 5.41) is 24.1. The van der Waals surface area contributed by atoms with E-state index >= 15 is 0 Å². The Morgan fingerprint density at radius 3 is 1.12 bits per heavy atom. The van der Waals surface area contributed by atoms with Gasteiger partial charge in [-0.1, -0.05) is 66.5 Å². The molecule has 11 rings (SSSR count). The van der Waals surface area contributed by atoms with Gasteiger partial charge in [0.25, 0.3) is 0 Å². The first-order valence-corrected chi connectivity index (χ1v) is 21.5. The van der Waals surface area contributed by atoms with Gasteiger partial charge in [0.2, 0.25) is 0 Å². The van der Waals surface area contributed by atoms with E-state index in [4.69, 9.17) is 9.98 Å². The van der Waals surface area contributed by atoms with Crippen LogP contribution in [0.2, 0.25) is 0 Å². The molecule has 2 aromatic rings. The second-order valence-electron chi connectivity index (χ2n) is 21.8. The van der Waals surface area contributed by atoms with E-state index in [1.807, 2.05) is 12.4 Å². The van der Waals surface area contributed by atoms with Crippen LogP contribution in [0.25, 0.3) is 0 Å². The van der Waals surface area contributed by atoms with Gasteiger partial charge in [-0.3, -0.25) is 9.98 Å². The molecule has 2 N–H and O–H groups in total. The van der Waals surface area contributed by atoms with Crippen LogP contribution >= 0.6 is 0 Å². The minimum Gasteiger partial charge on any atom is -0.507 e. The Bertz CT molecular complexity index is 1570. The summed E-state index contributed by atoms with van der Waals surface area (Å²) in [7, 11) is 0. The number of hydrogen-bond donors (Lipinski definition) is 2. The molecule has 0 spiro atoms. The summed E-state index contributed by atoms with van der Waals surface area (Å²) in [5.41, 5.74) is 7.04. The second kappa shape index (κ2) is 12.5. The van der Waals surface area contributed by atoms with Crippen LogP contribution in [-0.4, -0.2) is 34.7 Å². The quantitative estimate of drug-likeness (QED) is 0.294. The first-order chi connectivity index (χ1) is 24.7. The molecule has 9 saturated carbocycles. The van der Waals surface area contributed by atoms with Crippen LogP contribution in [0, 0.1) is 35.5 Å². The highest BCUT2D eigenvalue weighted by Gasteiger charge is 2.54. The van der Waals surface area contributed by atoms with Crippen molar-refractivity contribution in [1.29, 1.82) is 0 Å². The van der Waals surface area contributed by atoms with E-state index in [0.29, 0.717) is 11.5 Å². The van der Waals surface area contributed by atoms with Gasteiger partial charge < -0.3 is 10.2 Å². The van der Waals surface area contributed by atoms with Gasteiger partial charge in [0.1, 0.15) is 11.5 Å². The van der Waals surface area contributed by atoms with E-state index in [0.717, 1.165) is 72.3 Å². The van der Waals surface area contributed by atoms with Crippen molar-refractivity contribution in [2.45, 2.75) is 178 Å². The Morgan fingerprint density at radius 1 is 0.519 bits per heavy atom. The molecular weight excluding hydrogens is 637 g/mol. The van der Waals surface area contributed by atoms with Crippen LogP contribution in [0.5, 0.6) is 11.5 Å². The lowest BCUT2D eigenvalue weighted by Crippen LogP contribution is -2.48. The fraction of sp³-hybridized carbons (Fsp3) is 0.708. The molecule has 9 aliphatic rings. The molecule has 8 bridgehead atoms. The minimum atomic E-state index is -0.0103. The molecule has 280 valence electrons. The first kappa shape index (κ1) is 35.1. The molecule has 0 heterocycles. The van der Waals surface area contributed by atoms with Gasteiger partial charge in [0, 0.05) is 34.7 Å². The number of rotatable bonds is 6. The van der Waals surface area contributed by atoms with Gasteiger partial charge in [-0.15, -0.1) is 0 Å². The lowest BCUT2D eigenvalue weighted by molar-refractivity contribution is -0.00635. The zero-order chi connectivity index (χ0) is 36.2. The van der Waals surface area contributed by atoms with Crippen molar-refractivity contribution >= 4 is 12.4 Å². The molecular formula is C48H66N2O2. The number of aliphatic imine (C=N–C) groups is 2. The Balaban J connectivity index is 1.03. The van der Waals surface area contributed by atoms with E-state index in [1.165, 1.54) is 99.3 Å². The fourth-order valence-corrected chi connectivity index (χ4v) is 13.9. The van der Waals surface area contributed by atoms with Gasteiger partial charge in [0.15, 0.2) is 0 Å². The third-order valence-corrected chi connectivity index (χ3v) is 15.7. The highest BCUT2D eigenvalue weighted by Crippen LogP contribution is 2.63. The lowest BCUT2D eigenvalue weighted by Gasteiger charge is -2.57. The number of phenolic OH excluding ortho intramolecular Hbond substituents is 2. The summed E-state index contributed by atoms with van der Waals surface area (Å²) < 4.78 is 0. The number of hydrogen-bond acceptors (Lipinski definition) is 4. The van der Waals surface area contributed by atoms with E-state index < -0.39 is 0 Å². The third-order valence-electron chi connectivity index (χ3n) is 15.7. The molecule has 2 aromatic carbocycles. The predicted molar refractivity (Wildman–Crippen MR) is 215 cm³/mol. The van der Waals surface area contributed by atoms with Crippen molar-refractivity contribution in [1.82, 2.24) is 0 Å². The van der Waals surface area contributed by atoms with Gasteiger partial charge >= 0.3 is 0 Å². The van der Waals surface area contributed by atoms with Crippen LogP contribution in [0.15, 0.2) is 34.3 Å². The van der Waals surface area contributed by atoms with Crippen LogP contribution in [-0.2, 0) is 21.7 Å². The monoisotopic (exact) mass is 703 g/mol. The molecule has 9 aliphatic carbocycles. The Hall–Kier alpha value is -2.62. The number of benzene rings is 2.